The van der Waals surface area contributed by atoms with Crippen LogP contribution in [0.25, 0.3) is 16.9 Å². The highest BCUT2D eigenvalue weighted by atomic mass is 16.5. The molecule has 0 aliphatic carbocycles. The van der Waals surface area contributed by atoms with Crippen LogP contribution in [-0.4, -0.2) is 65.7 Å². The molecule has 1 fully saturated rings. The van der Waals surface area contributed by atoms with E-state index in [9.17, 15) is 4.79 Å². The molecule has 1 amide bonds. The molecule has 8 nitrogen and oxygen atoms in total. The Morgan fingerprint density at radius 3 is 2.64 bits per heavy atom. The number of likely N-dealkylation sites (N-methyl/N-ethyl adjacent to an activating group) is 1. The molecular weight excluding hydrogens is 416 g/mol. The highest BCUT2D eigenvalue weighted by Crippen LogP contribution is 2.23. The Morgan fingerprint density at radius 1 is 1.00 bits per heavy atom. The van der Waals surface area contributed by atoms with Crippen LogP contribution >= 0.6 is 0 Å². The molecule has 0 radical (unpaired) electrons. The molecule has 168 valence electrons. The maximum atomic E-state index is 12.9. The Labute approximate surface area is 192 Å². The Kier molecular flexibility index (Phi) is 5.66. The van der Waals surface area contributed by atoms with Gasteiger partial charge in [0.05, 0.1) is 19.0 Å². The lowest BCUT2D eigenvalue weighted by Crippen LogP contribution is -2.44. The second-order valence-electron chi connectivity index (χ2n) is 8.17. The minimum Gasteiger partial charge on any atom is -0.497 e. The number of ether oxygens (including phenoxy) is 1. The van der Waals surface area contributed by atoms with Crippen molar-refractivity contribution in [3.63, 3.8) is 0 Å². The summed E-state index contributed by atoms with van der Waals surface area (Å²) in [4.78, 5) is 22.0. The molecule has 1 N–H and O–H groups in total. The summed E-state index contributed by atoms with van der Waals surface area (Å²) < 4.78 is 6.98. The first-order valence-electron chi connectivity index (χ1n) is 10.9. The van der Waals surface area contributed by atoms with Gasteiger partial charge in [0.15, 0.2) is 11.5 Å². The minimum absolute atomic E-state index is 0.192. The number of amides is 1. The largest absolute Gasteiger partial charge is 0.497 e. The van der Waals surface area contributed by atoms with Crippen LogP contribution in [0.2, 0.25) is 0 Å². The lowest BCUT2D eigenvalue weighted by molar-refractivity contribution is 0.102. The molecule has 8 heteroatoms. The highest BCUT2D eigenvalue weighted by Gasteiger charge is 2.16. The van der Waals surface area contributed by atoms with Crippen LogP contribution in [0.5, 0.6) is 5.75 Å². The molecule has 0 spiro atoms. The van der Waals surface area contributed by atoms with Crippen molar-refractivity contribution in [3.05, 3.63) is 72.4 Å². The third-order valence-electron chi connectivity index (χ3n) is 5.90. The number of anilines is 2. The van der Waals surface area contributed by atoms with Crippen molar-refractivity contribution in [2.24, 2.45) is 0 Å². The second-order valence-corrected chi connectivity index (χ2v) is 8.17. The first-order chi connectivity index (χ1) is 16.1. The number of fused-ring (bicyclic) bond motifs is 1. The van der Waals surface area contributed by atoms with Crippen LogP contribution in [0.15, 0.2) is 66.9 Å². The van der Waals surface area contributed by atoms with Crippen molar-refractivity contribution in [2.75, 3.05) is 50.6 Å². The topological polar surface area (TPSA) is 75.0 Å². The molecule has 1 saturated heterocycles. The quantitative estimate of drug-likeness (QED) is 0.511. The molecule has 0 atom stereocenters. The van der Waals surface area contributed by atoms with Crippen LogP contribution in [-0.2, 0) is 0 Å². The molecule has 2 aromatic heterocycles. The van der Waals surface area contributed by atoms with Gasteiger partial charge >= 0.3 is 0 Å². The van der Waals surface area contributed by atoms with E-state index in [-0.39, 0.29) is 5.91 Å². The smallest absolute Gasteiger partial charge is 0.256 e. The van der Waals surface area contributed by atoms with Crippen LogP contribution in [0.3, 0.4) is 0 Å². The van der Waals surface area contributed by atoms with Crippen molar-refractivity contribution in [2.45, 2.75) is 0 Å². The van der Waals surface area contributed by atoms with E-state index in [1.54, 1.807) is 17.8 Å². The highest BCUT2D eigenvalue weighted by molar-refractivity contribution is 6.04. The maximum Gasteiger partial charge on any atom is 0.256 e. The van der Waals surface area contributed by atoms with E-state index in [4.69, 9.17) is 4.74 Å². The molecule has 4 aromatic rings. The van der Waals surface area contributed by atoms with Gasteiger partial charge in [0.1, 0.15) is 5.75 Å². The zero-order valence-electron chi connectivity index (χ0n) is 18.7. The number of nitrogens with one attached hydrogen (secondary N) is 1. The molecule has 0 bridgehead atoms. The van der Waals surface area contributed by atoms with Crippen LogP contribution in [0.4, 0.5) is 11.5 Å². The third kappa shape index (κ3) is 4.51. The standard InChI is InChI=1S/C25H26N6O2/c1-29-11-13-30(14-12-29)20-7-3-6-19(15-20)25(32)27-23-17-31-24(26-23)10-9-22(28-31)18-5-4-8-21(16-18)33-2/h3-10,15-17H,11-14H2,1-2H3,(H,27,32). The number of hydrogen-bond donors (Lipinski definition) is 1. The Morgan fingerprint density at radius 2 is 1.82 bits per heavy atom. The fourth-order valence-corrected chi connectivity index (χ4v) is 3.98. The van der Waals surface area contributed by atoms with E-state index >= 15 is 0 Å². The van der Waals surface area contributed by atoms with E-state index < -0.39 is 0 Å². The van der Waals surface area contributed by atoms with E-state index in [0.29, 0.717) is 17.0 Å². The molecular formula is C25H26N6O2. The maximum absolute atomic E-state index is 12.9. The van der Waals surface area contributed by atoms with E-state index in [1.165, 1.54) is 0 Å². The molecule has 0 unspecified atom stereocenters. The van der Waals surface area contributed by atoms with Gasteiger partial charge in [-0.1, -0.05) is 18.2 Å². The number of nitrogens with zero attached hydrogens (tertiary/aromatic N) is 5. The zero-order chi connectivity index (χ0) is 22.8. The molecule has 1 aliphatic heterocycles. The number of rotatable bonds is 5. The van der Waals surface area contributed by atoms with Crippen molar-refractivity contribution in [1.29, 1.82) is 0 Å². The number of aromatic nitrogens is 3. The summed E-state index contributed by atoms with van der Waals surface area (Å²) in [6.07, 6.45) is 1.72. The number of imidazole rings is 1. The summed E-state index contributed by atoms with van der Waals surface area (Å²) >= 11 is 0. The van der Waals surface area contributed by atoms with Gasteiger partial charge in [-0.2, -0.15) is 5.10 Å². The van der Waals surface area contributed by atoms with Crippen molar-refractivity contribution < 1.29 is 9.53 Å². The Bertz CT molecular complexity index is 1290. The fourth-order valence-electron chi connectivity index (χ4n) is 3.98. The van der Waals surface area contributed by atoms with E-state index in [0.717, 1.165) is 48.9 Å². The lowest BCUT2D eigenvalue weighted by Gasteiger charge is -2.34. The minimum atomic E-state index is -0.192. The first kappa shape index (κ1) is 21.0. The van der Waals surface area contributed by atoms with Gasteiger partial charge in [-0.3, -0.25) is 4.79 Å². The van der Waals surface area contributed by atoms with Gasteiger partial charge in [-0.25, -0.2) is 9.50 Å². The normalized spacial score (nSPS) is 14.4. The molecule has 0 saturated carbocycles. The number of carbonyl (C=O) groups excluding carboxylic acids is 1. The average molecular weight is 443 g/mol. The van der Waals surface area contributed by atoms with Gasteiger partial charge in [0.25, 0.3) is 5.91 Å². The summed E-state index contributed by atoms with van der Waals surface area (Å²) in [6, 6.07) is 19.3. The average Bonchev–Trinajstić information content (AvgIpc) is 3.26. The summed E-state index contributed by atoms with van der Waals surface area (Å²) in [7, 11) is 3.77. The van der Waals surface area contributed by atoms with Crippen LogP contribution < -0.4 is 15.0 Å². The molecule has 3 heterocycles. The lowest BCUT2D eigenvalue weighted by atomic mass is 10.1. The molecule has 33 heavy (non-hydrogen) atoms. The SMILES string of the molecule is COc1cccc(-c2ccc3nc(NC(=O)c4cccc(N5CCN(C)CC5)c4)cn3n2)c1. The predicted molar refractivity (Wildman–Crippen MR) is 129 cm³/mol. The first-order valence-corrected chi connectivity index (χ1v) is 10.9. The van der Waals surface area contributed by atoms with Crippen molar-refractivity contribution >= 4 is 23.1 Å². The Balaban J connectivity index is 1.34. The second kappa shape index (κ2) is 8.91. The van der Waals surface area contributed by atoms with Gasteiger partial charge < -0.3 is 19.9 Å². The Hall–Kier alpha value is -3.91. The fraction of sp³-hybridized carbons (Fsp3) is 0.240. The van der Waals surface area contributed by atoms with Gasteiger partial charge in [-0.15, -0.1) is 0 Å². The van der Waals surface area contributed by atoms with Crippen molar-refractivity contribution in [1.82, 2.24) is 19.5 Å². The predicted octanol–water partition coefficient (Wildman–Crippen LogP) is 3.41. The number of piperazine rings is 1. The number of carbonyl (C=O) groups is 1. The molecule has 2 aromatic carbocycles. The van der Waals surface area contributed by atoms with E-state index in [2.05, 4.69) is 38.3 Å². The summed E-state index contributed by atoms with van der Waals surface area (Å²) in [5.74, 6) is 1.04. The van der Waals surface area contributed by atoms with Gasteiger partial charge in [-0.05, 0) is 49.5 Å². The van der Waals surface area contributed by atoms with Gasteiger partial charge in [0.2, 0.25) is 0 Å². The van der Waals surface area contributed by atoms with E-state index in [1.807, 2.05) is 54.6 Å². The number of hydrogen-bond acceptors (Lipinski definition) is 6. The zero-order valence-corrected chi connectivity index (χ0v) is 18.7. The summed E-state index contributed by atoms with van der Waals surface area (Å²) in [6.45, 7) is 3.94. The number of benzene rings is 2. The third-order valence-corrected chi connectivity index (χ3v) is 5.90. The summed E-state index contributed by atoms with van der Waals surface area (Å²) in [5.41, 5.74) is 4.06. The van der Waals surface area contributed by atoms with Crippen LogP contribution in [0, 0.1) is 0 Å². The van der Waals surface area contributed by atoms with Crippen molar-refractivity contribution in [3.8, 4) is 17.0 Å². The molecule has 5 rings (SSSR count). The van der Waals surface area contributed by atoms with Crippen LogP contribution in [0.1, 0.15) is 10.4 Å². The summed E-state index contributed by atoms with van der Waals surface area (Å²) in [5, 5.41) is 7.54. The molecule has 1 aliphatic rings. The monoisotopic (exact) mass is 442 g/mol. The number of methoxy groups -OCH3 is 1. The van der Waals surface area contributed by atoms with Gasteiger partial charge in [0, 0.05) is 43.0 Å².